The van der Waals surface area contributed by atoms with Crippen molar-refractivity contribution in [3.8, 4) is 11.1 Å². The Labute approximate surface area is 232 Å². The van der Waals surface area contributed by atoms with Crippen molar-refractivity contribution in [2.75, 3.05) is 0 Å². The summed E-state index contributed by atoms with van der Waals surface area (Å²) in [5.41, 5.74) is 4.15. The predicted molar refractivity (Wildman–Crippen MR) is 151 cm³/mol. The fourth-order valence-corrected chi connectivity index (χ4v) is 7.36. The molecule has 8 rings (SSSR count). The van der Waals surface area contributed by atoms with Gasteiger partial charge in [0.15, 0.2) is 0 Å². The molecule has 4 saturated carbocycles. The highest BCUT2D eigenvalue weighted by atomic mass is 35.5. The molecule has 0 radical (unpaired) electrons. The third kappa shape index (κ3) is 4.31. The Kier molecular flexibility index (Phi) is 5.78. The number of nitrogens with zero attached hydrogens (tertiary/aromatic N) is 2. The van der Waals surface area contributed by atoms with E-state index in [1.807, 2.05) is 48.8 Å². The van der Waals surface area contributed by atoms with Gasteiger partial charge in [-0.15, -0.1) is 0 Å². The van der Waals surface area contributed by atoms with Crippen molar-refractivity contribution in [3.05, 3.63) is 89.3 Å². The van der Waals surface area contributed by atoms with Crippen LogP contribution in [-0.4, -0.2) is 32.1 Å². The van der Waals surface area contributed by atoms with Gasteiger partial charge in [0.05, 0.1) is 29.2 Å². The fraction of sp³-hybridized carbons (Fsp3) is 0.344. The number of hydrogen-bond acceptors (Lipinski definition) is 3. The minimum Gasteiger partial charge on any atom is -0.481 e. The summed E-state index contributed by atoms with van der Waals surface area (Å²) in [6, 6.07) is 19.9. The molecule has 2 aromatic carbocycles. The Hall–Kier alpha value is -3.64. The maximum Gasteiger partial charge on any atom is 0.306 e. The number of fused-ring (bicyclic) bond motifs is 3. The molecule has 2 aromatic heterocycles. The number of halogens is 1. The van der Waals surface area contributed by atoms with E-state index in [1.165, 1.54) is 0 Å². The minimum absolute atomic E-state index is 0.138. The molecule has 2 N–H and O–H groups in total. The molecule has 4 aliphatic rings. The van der Waals surface area contributed by atoms with Crippen molar-refractivity contribution in [1.82, 2.24) is 14.9 Å². The van der Waals surface area contributed by atoms with Gasteiger partial charge in [-0.25, -0.2) is 0 Å². The molecule has 1 amide bonds. The van der Waals surface area contributed by atoms with Gasteiger partial charge < -0.3 is 15.0 Å². The van der Waals surface area contributed by atoms with Crippen molar-refractivity contribution >= 4 is 34.4 Å². The highest BCUT2D eigenvalue weighted by molar-refractivity contribution is 6.32. The average molecular weight is 540 g/mol. The van der Waals surface area contributed by atoms with Crippen LogP contribution >= 0.6 is 11.6 Å². The third-order valence-corrected chi connectivity index (χ3v) is 9.59. The molecule has 7 heteroatoms. The predicted octanol–water partition coefficient (Wildman–Crippen LogP) is 6.41. The van der Waals surface area contributed by atoms with Crippen LogP contribution in [0.5, 0.6) is 0 Å². The number of rotatable bonds is 7. The van der Waals surface area contributed by atoms with Crippen molar-refractivity contribution < 1.29 is 14.7 Å². The van der Waals surface area contributed by atoms with E-state index in [2.05, 4.69) is 28.1 Å². The molecule has 4 aromatic rings. The zero-order valence-electron chi connectivity index (χ0n) is 21.5. The summed E-state index contributed by atoms with van der Waals surface area (Å²) < 4.78 is 2.06. The average Bonchev–Trinajstić information content (AvgIpc) is 3.61. The van der Waals surface area contributed by atoms with Gasteiger partial charge in [0.2, 0.25) is 0 Å². The normalized spacial score (nSPS) is 24.6. The van der Waals surface area contributed by atoms with Gasteiger partial charge in [-0.05, 0) is 79.7 Å². The molecule has 2 unspecified atom stereocenters. The molecule has 4 fully saturated rings. The Balaban J connectivity index is 1.15. The second-order valence-electron chi connectivity index (χ2n) is 11.6. The third-order valence-electron chi connectivity index (χ3n) is 9.37. The molecule has 0 saturated heterocycles. The van der Waals surface area contributed by atoms with Crippen LogP contribution in [0.25, 0.3) is 22.0 Å². The number of pyridine rings is 1. The van der Waals surface area contributed by atoms with Gasteiger partial charge in [0.1, 0.15) is 0 Å². The Bertz CT molecular complexity index is 1570. The summed E-state index contributed by atoms with van der Waals surface area (Å²) >= 11 is 6.47. The monoisotopic (exact) mass is 539 g/mol. The van der Waals surface area contributed by atoms with Gasteiger partial charge in [-0.1, -0.05) is 48.0 Å². The van der Waals surface area contributed by atoms with Crippen LogP contribution < -0.4 is 5.32 Å². The Morgan fingerprint density at radius 3 is 2.49 bits per heavy atom. The van der Waals surface area contributed by atoms with Crippen molar-refractivity contribution in [2.45, 2.75) is 44.2 Å². The molecule has 198 valence electrons. The Morgan fingerprint density at radius 1 is 1.00 bits per heavy atom. The molecule has 0 spiro atoms. The fourth-order valence-electron chi connectivity index (χ4n) is 7.13. The summed E-state index contributed by atoms with van der Waals surface area (Å²) in [6.07, 6.45) is 8.27. The number of nitrogens with one attached hydrogen (secondary N) is 1. The topological polar surface area (TPSA) is 84.2 Å². The molecule has 2 atom stereocenters. The largest absolute Gasteiger partial charge is 0.481 e. The molecule has 0 aliphatic heterocycles. The van der Waals surface area contributed by atoms with E-state index in [-0.39, 0.29) is 23.3 Å². The van der Waals surface area contributed by atoms with Crippen LogP contribution in [0.3, 0.4) is 0 Å². The first-order chi connectivity index (χ1) is 18.9. The summed E-state index contributed by atoms with van der Waals surface area (Å²) in [5.74, 6) is -0.0691. The number of hydrogen-bond donors (Lipinski definition) is 2. The van der Waals surface area contributed by atoms with Crippen LogP contribution in [0.15, 0.2) is 73.1 Å². The van der Waals surface area contributed by atoms with Gasteiger partial charge in [0.25, 0.3) is 5.91 Å². The van der Waals surface area contributed by atoms with Crippen LogP contribution in [0.2, 0.25) is 5.02 Å². The number of aromatic nitrogens is 2. The highest BCUT2D eigenvalue weighted by Crippen LogP contribution is 2.60. The molecular formula is C32H30ClN3O3. The standard InChI is InChI=1S/C32H30ClN3O3/c33-24-14-20-8-11-36(18-25-7-6-21(17-34-25)19-4-2-1-3-5-19)29(20)27(15-24)30(37)35-32(9-10-32)28-16-26(31(38)39)22-12-23(28)13-22/h1-8,11,14-15,17,22-23,26,28H,9-10,12-13,16,18H2,(H,35,37)(H,38,39). The summed E-state index contributed by atoms with van der Waals surface area (Å²) in [7, 11) is 0. The number of aliphatic carboxylic acids is 1. The second kappa shape index (κ2) is 9.23. The van der Waals surface area contributed by atoms with Crippen LogP contribution in [0.4, 0.5) is 0 Å². The molecule has 2 heterocycles. The van der Waals surface area contributed by atoms with Gasteiger partial charge in [-0.2, -0.15) is 0 Å². The van der Waals surface area contributed by atoms with Gasteiger partial charge in [0, 0.05) is 33.9 Å². The van der Waals surface area contributed by atoms with E-state index in [1.54, 1.807) is 6.07 Å². The van der Waals surface area contributed by atoms with E-state index in [0.717, 1.165) is 53.4 Å². The molecule has 6 nitrogen and oxygen atoms in total. The van der Waals surface area contributed by atoms with Crippen LogP contribution in [0, 0.1) is 23.7 Å². The summed E-state index contributed by atoms with van der Waals surface area (Å²) in [6.45, 7) is 0.526. The minimum atomic E-state index is -0.690. The molecular weight excluding hydrogens is 510 g/mol. The smallest absolute Gasteiger partial charge is 0.306 e. The quantitative estimate of drug-likeness (QED) is 0.284. The number of carboxylic acids is 1. The van der Waals surface area contributed by atoms with E-state index in [0.29, 0.717) is 35.4 Å². The van der Waals surface area contributed by atoms with E-state index < -0.39 is 5.97 Å². The van der Waals surface area contributed by atoms with E-state index in [4.69, 9.17) is 16.6 Å². The lowest BCUT2D eigenvalue weighted by atomic mass is 9.53. The van der Waals surface area contributed by atoms with Crippen molar-refractivity contribution in [2.24, 2.45) is 23.7 Å². The second-order valence-corrected chi connectivity index (χ2v) is 12.1. The van der Waals surface area contributed by atoms with Crippen molar-refractivity contribution in [3.63, 3.8) is 0 Å². The zero-order valence-corrected chi connectivity index (χ0v) is 22.3. The maximum atomic E-state index is 13.8. The van der Waals surface area contributed by atoms with Crippen LogP contribution in [0.1, 0.15) is 48.2 Å². The summed E-state index contributed by atoms with van der Waals surface area (Å²) in [5, 5.41) is 14.5. The number of carbonyl (C=O) groups is 2. The van der Waals surface area contributed by atoms with Crippen molar-refractivity contribution in [1.29, 1.82) is 0 Å². The first-order valence-electron chi connectivity index (χ1n) is 13.7. The number of carbonyl (C=O) groups excluding carboxylic acids is 1. The first-order valence-corrected chi connectivity index (χ1v) is 14.1. The first kappa shape index (κ1) is 24.4. The molecule has 39 heavy (non-hydrogen) atoms. The van der Waals surface area contributed by atoms with Crippen LogP contribution in [-0.2, 0) is 11.3 Å². The number of amides is 1. The van der Waals surface area contributed by atoms with Gasteiger partial charge >= 0.3 is 5.97 Å². The van der Waals surface area contributed by atoms with E-state index in [9.17, 15) is 14.7 Å². The molecule has 2 bridgehead atoms. The number of carboxylic acid groups (broad SMARTS) is 1. The maximum absolute atomic E-state index is 13.8. The van der Waals surface area contributed by atoms with Gasteiger partial charge in [-0.3, -0.25) is 14.6 Å². The zero-order chi connectivity index (χ0) is 26.7. The van der Waals surface area contributed by atoms with E-state index >= 15 is 0 Å². The lowest BCUT2D eigenvalue weighted by Gasteiger charge is -2.52. The summed E-state index contributed by atoms with van der Waals surface area (Å²) in [4.78, 5) is 30.4. The lowest BCUT2D eigenvalue weighted by Crippen LogP contribution is -2.54. The lowest BCUT2D eigenvalue weighted by molar-refractivity contribution is -0.153. The number of benzene rings is 2. The SMILES string of the molecule is O=C(NC1(C2CC(C(=O)O)C3CC2C3)CC1)c1cc(Cl)cc2ccn(Cc3ccc(-c4ccccc4)cn3)c12. The Morgan fingerprint density at radius 2 is 1.79 bits per heavy atom. The molecule has 4 aliphatic carbocycles. The highest BCUT2D eigenvalue weighted by Gasteiger charge is 2.60.